The van der Waals surface area contributed by atoms with E-state index in [1.54, 1.807) is 6.26 Å². The highest BCUT2D eigenvalue weighted by Gasteiger charge is 2.11. The minimum absolute atomic E-state index is 0.0865. The number of hydrogen-bond donors (Lipinski definition) is 2. The molecule has 0 saturated heterocycles. The molecule has 92 valence electrons. The largest absolute Gasteiger partial charge is 0.466 e. The van der Waals surface area contributed by atoms with Crippen LogP contribution in [-0.4, -0.2) is 31.5 Å². The molecule has 0 bridgehead atoms. The Kier molecular flexibility index (Phi) is 6.71. The van der Waals surface area contributed by atoms with Gasteiger partial charge in [0.25, 0.3) is 0 Å². The highest BCUT2D eigenvalue weighted by molar-refractivity contribution is 9.10. The van der Waals surface area contributed by atoms with Gasteiger partial charge in [0.1, 0.15) is 5.76 Å². The van der Waals surface area contributed by atoms with Crippen molar-refractivity contribution < 1.29 is 14.3 Å². The maximum absolute atomic E-state index is 8.51. The molecule has 0 amide bonds. The van der Waals surface area contributed by atoms with Crippen LogP contribution in [0.2, 0.25) is 0 Å². The van der Waals surface area contributed by atoms with E-state index >= 15 is 0 Å². The zero-order chi connectivity index (χ0) is 11.8. The van der Waals surface area contributed by atoms with Crippen LogP contribution >= 0.6 is 15.9 Å². The first kappa shape index (κ1) is 13.7. The Morgan fingerprint density at radius 2 is 2.38 bits per heavy atom. The summed E-state index contributed by atoms with van der Waals surface area (Å²) in [6, 6.07) is 2.07. The summed E-state index contributed by atoms with van der Waals surface area (Å²) < 4.78 is 11.5. The van der Waals surface area contributed by atoms with Crippen molar-refractivity contribution in [2.75, 3.05) is 26.4 Å². The second-order valence-electron chi connectivity index (χ2n) is 3.50. The van der Waals surface area contributed by atoms with Gasteiger partial charge in [0.15, 0.2) is 0 Å². The molecule has 1 atom stereocenters. The number of furan rings is 1. The zero-order valence-electron chi connectivity index (χ0n) is 9.41. The number of rotatable bonds is 8. The summed E-state index contributed by atoms with van der Waals surface area (Å²) in [6.45, 7) is 4.08. The third-order valence-electron chi connectivity index (χ3n) is 2.19. The molecule has 1 heterocycles. The van der Waals surface area contributed by atoms with Crippen molar-refractivity contribution >= 4 is 15.9 Å². The SMILES string of the molecule is CC(NCCCOCCO)c1occc1Br. The third-order valence-corrected chi connectivity index (χ3v) is 2.84. The van der Waals surface area contributed by atoms with Gasteiger partial charge in [-0.3, -0.25) is 0 Å². The van der Waals surface area contributed by atoms with Gasteiger partial charge >= 0.3 is 0 Å². The molecule has 0 fully saturated rings. The van der Waals surface area contributed by atoms with Gasteiger partial charge in [-0.25, -0.2) is 0 Å². The summed E-state index contributed by atoms with van der Waals surface area (Å²) in [5.74, 6) is 0.913. The Morgan fingerprint density at radius 1 is 1.56 bits per heavy atom. The fourth-order valence-corrected chi connectivity index (χ4v) is 1.91. The van der Waals surface area contributed by atoms with E-state index < -0.39 is 0 Å². The zero-order valence-corrected chi connectivity index (χ0v) is 11.0. The summed E-state index contributed by atoms with van der Waals surface area (Å²) in [7, 11) is 0. The summed E-state index contributed by atoms with van der Waals surface area (Å²) >= 11 is 3.42. The molecule has 0 aliphatic carbocycles. The molecule has 4 nitrogen and oxygen atoms in total. The van der Waals surface area contributed by atoms with Gasteiger partial charge in [-0.15, -0.1) is 0 Å². The summed E-state index contributed by atoms with van der Waals surface area (Å²) in [5.41, 5.74) is 0. The fourth-order valence-electron chi connectivity index (χ4n) is 1.37. The highest BCUT2D eigenvalue weighted by atomic mass is 79.9. The molecule has 0 radical (unpaired) electrons. The standard InChI is InChI=1S/C11H18BrNO3/c1-9(11-10(12)3-7-16-11)13-4-2-6-15-8-5-14/h3,7,9,13-14H,2,4-6,8H2,1H3. The first-order chi connectivity index (χ1) is 7.75. The normalized spacial score (nSPS) is 12.9. The van der Waals surface area contributed by atoms with E-state index in [4.69, 9.17) is 14.3 Å². The Labute approximate surface area is 104 Å². The molecule has 16 heavy (non-hydrogen) atoms. The van der Waals surface area contributed by atoms with Crippen molar-refractivity contribution in [3.8, 4) is 0 Å². The van der Waals surface area contributed by atoms with E-state index in [1.165, 1.54) is 0 Å². The maximum Gasteiger partial charge on any atom is 0.134 e. The average molecular weight is 292 g/mol. The molecule has 0 spiro atoms. The number of aliphatic hydroxyl groups is 1. The van der Waals surface area contributed by atoms with E-state index in [2.05, 4.69) is 28.2 Å². The van der Waals surface area contributed by atoms with Crippen molar-refractivity contribution in [1.82, 2.24) is 5.32 Å². The van der Waals surface area contributed by atoms with E-state index in [9.17, 15) is 0 Å². The highest BCUT2D eigenvalue weighted by Crippen LogP contribution is 2.23. The van der Waals surface area contributed by atoms with Crippen molar-refractivity contribution in [2.45, 2.75) is 19.4 Å². The molecule has 1 aromatic heterocycles. The molecule has 1 unspecified atom stereocenters. The topological polar surface area (TPSA) is 54.6 Å². The minimum atomic E-state index is 0.0865. The van der Waals surface area contributed by atoms with E-state index in [-0.39, 0.29) is 12.6 Å². The van der Waals surface area contributed by atoms with E-state index in [1.807, 2.05) is 6.07 Å². The van der Waals surface area contributed by atoms with Crippen molar-refractivity contribution in [2.24, 2.45) is 0 Å². The molecule has 0 aliphatic heterocycles. The lowest BCUT2D eigenvalue weighted by atomic mass is 10.2. The van der Waals surface area contributed by atoms with Crippen LogP contribution in [0.1, 0.15) is 25.1 Å². The molecule has 1 rings (SSSR count). The molecular weight excluding hydrogens is 274 g/mol. The van der Waals surface area contributed by atoms with Crippen molar-refractivity contribution in [3.05, 3.63) is 22.6 Å². The van der Waals surface area contributed by atoms with Gasteiger partial charge < -0.3 is 19.6 Å². The molecule has 5 heteroatoms. The smallest absolute Gasteiger partial charge is 0.134 e. The molecule has 0 aromatic carbocycles. The predicted molar refractivity (Wildman–Crippen MR) is 65.3 cm³/mol. The summed E-state index contributed by atoms with van der Waals surface area (Å²) in [5, 5.41) is 11.8. The molecule has 0 aliphatic rings. The average Bonchev–Trinajstić information content (AvgIpc) is 2.69. The second kappa shape index (κ2) is 7.84. The van der Waals surface area contributed by atoms with Crippen LogP contribution in [-0.2, 0) is 4.74 Å². The number of ether oxygens (including phenoxy) is 1. The molecule has 2 N–H and O–H groups in total. The number of hydrogen-bond acceptors (Lipinski definition) is 4. The van der Waals surface area contributed by atoms with Crippen molar-refractivity contribution in [1.29, 1.82) is 0 Å². The monoisotopic (exact) mass is 291 g/mol. The molecular formula is C11H18BrNO3. The van der Waals surface area contributed by atoms with Gasteiger partial charge in [-0.1, -0.05) is 0 Å². The number of halogens is 1. The fraction of sp³-hybridized carbons (Fsp3) is 0.636. The Bertz CT molecular complexity index is 291. The van der Waals surface area contributed by atoms with Crippen LogP contribution in [0.15, 0.2) is 21.2 Å². The Morgan fingerprint density at radius 3 is 3.00 bits per heavy atom. The van der Waals surface area contributed by atoms with Gasteiger partial charge in [0, 0.05) is 6.61 Å². The lowest BCUT2D eigenvalue weighted by Gasteiger charge is -2.11. The van der Waals surface area contributed by atoms with Crippen LogP contribution in [0.5, 0.6) is 0 Å². The van der Waals surface area contributed by atoms with Crippen LogP contribution in [0.4, 0.5) is 0 Å². The Balaban J connectivity index is 2.11. The first-order valence-electron chi connectivity index (χ1n) is 5.40. The quantitative estimate of drug-likeness (QED) is 0.720. The summed E-state index contributed by atoms with van der Waals surface area (Å²) in [4.78, 5) is 0. The summed E-state index contributed by atoms with van der Waals surface area (Å²) in [6.07, 6.45) is 2.59. The van der Waals surface area contributed by atoms with E-state index in [0.717, 1.165) is 23.2 Å². The van der Waals surface area contributed by atoms with Crippen LogP contribution in [0.25, 0.3) is 0 Å². The van der Waals surface area contributed by atoms with Gasteiger partial charge in [0.2, 0.25) is 0 Å². The lowest BCUT2D eigenvalue weighted by Crippen LogP contribution is -2.21. The predicted octanol–water partition coefficient (Wildman–Crippen LogP) is 2.09. The van der Waals surface area contributed by atoms with Crippen LogP contribution in [0, 0.1) is 0 Å². The van der Waals surface area contributed by atoms with Crippen molar-refractivity contribution in [3.63, 3.8) is 0 Å². The van der Waals surface area contributed by atoms with E-state index in [0.29, 0.717) is 13.2 Å². The Hall–Kier alpha value is -0.360. The molecule has 1 aromatic rings. The third kappa shape index (κ3) is 4.65. The number of nitrogens with one attached hydrogen (secondary N) is 1. The number of aliphatic hydroxyl groups excluding tert-OH is 1. The maximum atomic E-state index is 8.51. The first-order valence-corrected chi connectivity index (χ1v) is 6.20. The van der Waals surface area contributed by atoms with Gasteiger partial charge in [-0.2, -0.15) is 0 Å². The van der Waals surface area contributed by atoms with Crippen LogP contribution in [0.3, 0.4) is 0 Å². The molecule has 0 saturated carbocycles. The lowest BCUT2D eigenvalue weighted by molar-refractivity contribution is 0.0903. The van der Waals surface area contributed by atoms with Gasteiger partial charge in [0.05, 0.1) is 30.0 Å². The second-order valence-corrected chi connectivity index (χ2v) is 4.35. The minimum Gasteiger partial charge on any atom is -0.466 e. The van der Waals surface area contributed by atoms with Crippen LogP contribution < -0.4 is 5.32 Å². The van der Waals surface area contributed by atoms with Gasteiger partial charge in [-0.05, 0) is 41.9 Å².